The zero-order valence-electron chi connectivity index (χ0n) is 15.0. The second kappa shape index (κ2) is 8.83. The number of benzene rings is 2. The van der Waals surface area contributed by atoms with Gasteiger partial charge in [0.2, 0.25) is 11.8 Å². The van der Waals surface area contributed by atoms with E-state index in [-0.39, 0.29) is 0 Å². The monoisotopic (exact) mass is 371 g/mol. The van der Waals surface area contributed by atoms with Crippen LogP contribution in [0, 0.1) is 0 Å². The van der Waals surface area contributed by atoms with Crippen molar-refractivity contribution in [3.63, 3.8) is 0 Å². The number of aromatic nitrogens is 2. The van der Waals surface area contributed by atoms with Crippen LogP contribution in [0.2, 0.25) is 5.02 Å². The molecule has 0 saturated heterocycles. The Morgan fingerprint density at radius 1 is 1.08 bits per heavy atom. The molecule has 0 radical (unpaired) electrons. The van der Waals surface area contributed by atoms with Crippen LogP contribution >= 0.6 is 11.6 Å². The maximum Gasteiger partial charge on any atom is 0.249 e. The van der Waals surface area contributed by atoms with Crippen LogP contribution in [0.5, 0.6) is 5.75 Å². The first-order valence-electron chi connectivity index (χ1n) is 8.62. The summed E-state index contributed by atoms with van der Waals surface area (Å²) in [5.74, 6) is 1.89. The molecule has 3 aromatic rings. The minimum atomic E-state index is 0.448. The van der Waals surface area contributed by atoms with Crippen molar-refractivity contribution in [2.75, 3.05) is 13.7 Å². The highest BCUT2D eigenvalue weighted by Crippen LogP contribution is 2.26. The average molecular weight is 372 g/mol. The predicted molar refractivity (Wildman–Crippen MR) is 102 cm³/mol. The molecule has 2 aromatic carbocycles. The number of nitrogens with zero attached hydrogens (tertiary/aromatic N) is 3. The number of methoxy groups -OCH3 is 1. The van der Waals surface area contributed by atoms with Gasteiger partial charge in [-0.2, -0.15) is 0 Å². The van der Waals surface area contributed by atoms with E-state index in [9.17, 15) is 0 Å². The lowest BCUT2D eigenvalue weighted by Gasteiger charge is -2.20. The Balaban J connectivity index is 1.73. The van der Waals surface area contributed by atoms with E-state index in [0.717, 1.165) is 30.8 Å². The Kier molecular flexibility index (Phi) is 6.26. The lowest BCUT2D eigenvalue weighted by Crippen LogP contribution is -2.23. The Morgan fingerprint density at radius 2 is 1.92 bits per heavy atom. The van der Waals surface area contributed by atoms with E-state index in [0.29, 0.717) is 23.3 Å². The summed E-state index contributed by atoms with van der Waals surface area (Å²) in [5.41, 5.74) is 1.94. The summed E-state index contributed by atoms with van der Waals surface area (Å²) >= 11 is 6.21. The van der Waals surface area contributed by atoms with Crippen molar-refractivity contribution in [1.29, 1.82) is 0 Å². The largest absolute Gasteiger partial charge is 0.497 e. The van der Waals surface area contributed by atoms with Gasteiger partial charge in [0.25, 0.3) is 0 Å². The van der Waals surface area contributed by atoms with Crippen molar-refractivity contribution in [2.45, 2.75) is 26.4 Å². The molecular weight excluding hydrogens is 350 g/mol. The molecule has 0 amide bonds. The molecule has 26 heavy (non-hydrogen) atoms. The van der Waals surface area contributed by atoms with Gasteiger partial charge < -0.3 is 9.15 Å². The highest BCUT2D eigenvalue weighted by molar-refractivity contribution is 6.33. The molecule has 0 N–H and O–H groups in total. The van der Waals surface area contributed by atoms with Gasteiger partial charge in [0.15, 0.2) is 0 Å². The summed E-state index contributed by atoms with van der Waals surface area (Å²) in [7, 11) is 1.68. The van der Waals surface area contributed by atoms with E-state index in [1.54, 1.807) is 7.11 Å². The number of halogens is 1. The summed E-state index contributed by atoms with van der Waals surface area (Å²) in [6.07, 6.45) is 1.04. The van der Waals surface area contributed by atoms with Gasteiger partial charge in [-0.15, -0.1) is 10.2 Å². The Labute approximate surface area is 158 Å². The second-order valence-corrected chi connectivity index (χ2v) is 6.45. The van der Waals surface area contributed by atoms with E-state index in [2.05, 4.69) is 28.1 Å². The molecule has 0 spiro atoms. The predicted octanol–water partition coefficient (Wildman–Crippen LogP) is 4.81. The molecule has 0 atom stereocenters. The van der Waals surface area contributed by atoms with Gasteiger partial charge in [-0.05, 0) is 42.8 Å². The third-order valence-corrected chi connectivity index (χ3v) is 4.34. The zero-order valence-corrected chi connectivity index (χ0v) is 15.7. The van der Waals surface area contributed by atoms with Crippen molar-refractivity contribution in [1.82, 2.24) is 15.1 Å². The van der Waals surface area contributed by atoms with Crippen molar-refractivity contribution in [3.8, 4) is 17.2 Å². The quantitative estimate of drug-likeness (QED) is 0.568. The first-order valence-corrected chi connectivity index (χ1v) is 9.00. The van der Waals surface area contributed by atoms with Crippen LogP contribution in [-0.2, 0) is 13.1 Å². The molecule has 5 nitrogen and oxygen atoms in total. The van der Waals surface area contributed by atoms with Crippen LogP contribution in [0.25, 0.3) is 11.5 Å². The number of ether oxygens (including phenoxy) is 1. The van der Waals surface area contributed by atoms with E-state index in [4.69, 9.17) is 20.8 Å². The molecule has 0 aliphatic heterocycles. The summed E-state index contributed by atoms with van der Waals surface area (Å²) in [5, 5.41) is 8.94. The highest BCUT2D eigenvalue weighted by atomic mass is 35.5. The van der Waals surface area contributed by atoms with Crippen LogP contribution in [-0.4, -0.2) is 28.8 Å². The Bertz CT molecular complexity index is 850. The topological polar surface area (TPSA) is 51.4 Å². The lowest BCUT2D eigenvalue weighted by molar-refractivity contribution is 0.231. The van der Waals surface area contributed by atoms with Crippen molar-refractivity contribution < 1.29 is 9.15 Å². The Morgan fingerprint density at radius 3 is 2.69 bits per heavy atom. The van der Waals surface area contributed by atoms with E-state index in [1.165, 1.54) is 5.56 Å². The molecule has 0 aliphatic rings. The molecule has 0 saturated carbocycles. The van der Waals surface area contributed by atoms with E-state index >= 15 is 0 Å². The maximum absolute atomic E-state index is 6.21. The molecule has 0 unspecified atom stereocenters. The summed E-state index contributed by atoms with van der Waals surface area (Å²) in [6, 6.07) is 15.5. The molecule has 1 heterocycles. The first kappa shape index (κ1) is 18.4. The number of rotatable bonds is 8. The molecule has 0 fully saturated rings. The fourth-order valence-corrected chi connectivity index (χ4v) is 3.03. The van der Waals surface area contributed by atoms with Crippen molar-refractivity contribution >= 4 is 11.6 Å². The fourth-order valence-electron chi connectivity index (χ4n) is 2.81. The molecule has 3 rings (SSSR count). The lowest BCUT2D eigenvalue weighted by atomic mass is 10.2. The first-order chi connectivity index (χ1) is 12.7. The number of hydrogen-bond acceptors (Lipinski definition) is 5. The van der Waals surface area contributed by atoms with E-state index in [1.807, 2.05) is 42.5 Å². The molecule has 6 heteroatoms. The molecular formula is C20H22ClN3O2. The van der Waals surface area contributed by atoms with Gasteiger partial charge in [0.1, 0.15) is 5.75 Å². The summed E-state index contributed by atoms with van der Waals surface area (Å²) in [6.45, 7) is 4.46. The summed E-state index contributed by atoms with van der Waals surface area (Å²) < 4.78 is 11.1. The fraction of sp³-hybridized carbons (Fsp3) is 0.300. The van der Waals surface area contributed by atoms with Gasteiger partial charge in [0, 0.05) is 6.54 Å². The third kappa shape index (κ3) is 4.62. The average Bonchev–Trinajstić information content (AvgIpc) is 3.10. The van der Waals surface area contributed by atoms with Gasteiger partial charge in [-0.3, -0.25) is 4.90 Å². The third-order valence-electron chi connectivity index (χ3n) is 4.01. The van der Waals surface area contributed by atoms with Crippen LogP contribution in [0.4, 0.5) is 0 Å². The highest BCUT2D eigenvalue weighted by Gasteiger charge is 2.15. The molecule has 0 aliphatic carbocycles. The maximum atomic E-state index is 6.21. The smallest absolute Gasteiger partial charge is 0.249 e. The molecule has 136 valence electrons. The van der Waals surface area contributed by atoms with Crippen LogP contribution in [0.1, 0.15) is 24.8 Å². The van der Waals surface area contributed by atoms with Gasteiger partial charge >= 0.3 is 0 Å². The van der Waals surface area contributed by atoms with Crippen LogP contribution < -0.4 is 4.74 Å². The summed E-state index contributed by atoms with van der Waals surface area (Å²) in [4.78, 5) is 2.28. The van der Waals surface area contributed by atoms with Gasteiger partial charge in [-0.25, -0.2) is 0 Å². The molecule has 0 bridgehead atoms. The minimum absolute atomic E-state index is 0.448. The van der Waals surface area contributed by atoms with Crippen molar-refractivity contribution in [2.24, 2.45) is 0 Å². The second-order valence-electron chi connectivity index (χ2n) is 6.04. The minimum Gasteiger partial charge on any atom is -0.497 e. The standard InChI is InChI=1S/C20H22ClN3O2/c1-3-11-24(13-15-7-6-8-16(12-15)25-2)14-19-22-23-20(26-19)17-9-4-5-10-18(17)21/h4-10,12H,3,11,13-14H2,1-2H3. The molecule has 1 aromatic heterocycles. The van der Waals surface area contributed by atoms with Gasteiger partial charge in [-0.1, -0.05) is 42.8 Å². The Hall–Kier alpha value is -2.37. The SMILES string of the molecule is CCCN(Cc1cccc(OC)c1)Cc1nnc(-c2ccccc2Cl)o1. The number of hydrogen-bond donors (Lipinski definition) is 0. The van der Waals surface area contributed by atoms with Crippen LogP contribution in [0.15, 0.2) is 52.9 Å². The zero-order chi connectivity index (χ0) is 18.4. The van der Waals surface area contributed by atoms with Crippen molar-refractivity contribution in [3.05, 3.63) is 65.0 Å². The van der Waals surface area contributed by atoms with E-state index < -0.39 is 0 Å². The normalized spacial score (nSPS) is 11.1. The van der Waals surface area contributed by atoms with Crippen LogP contribution in [0.3, 0.4) is 0 Å². The van der Waals surface area contributed by atoms with Gasteiger partial charge in [0.05, 0.1) is 24.2 Å².